The van der Waals surface area contributed by atoms with E-state index in [1.807, 2.05) is 0 Å². The Kier molecular flexibility index (Phi) is 6.60. The van der Waals surface area contributed by atoms with Gasteiger partial charge in [-0.15, -0.1) is 0 Å². The number of hydrogen-bond acceptors (Lipinski definition) is 5. The number of ether oxygens (including phenoxy) is 1. The minimum atomic E-state index is -0.191. The predicted molar refractivity (Wildman–Crippen MR) is 124 cm³/mol. The van der Waals surface area contributed by atoms with Crippen LogP contribution in [-0.4, -0.2) is 55.2 Å². The molecular weight excluding hydrogens is 441 g/mol. The minimum absolute atomic E-state index is 0.191. The first-order valence-electron chi connectivity index (χ1n) is 9.88. The van der Waals surface area contributed by atoms with Crippen LogP contribution in [0, 0.1) is 13.8 Å². The average molecular weight is 464 g/mol. The Morgan fingerprint density at radius 3 is 2.73 bits per heavy atom. The summed E-state index contributed by atoms with van der Waals surface area (Å²) in [6.45, 7) is 8.54. The Morgan fingerprint density at radius 1 is 1.20 bits per heavy atom. The second-order valence-corrected chi connectivity index (χ2v) is 9.24. The molecule has 0 bridgehead atoms. The number of carbonyl (C=O) groups is 1. The molecule has 0 aliphatic carbocycles. The molecule has 5 nitrogen and oxygen atoms in total. The number of thiazole rings is 1. The lowest BCUT2D eigenvalue weighted by Gasteiger charge is -2.29. The molecule has 0 saturated carbocycles. The maximum absolute atomic E-state index is 13.5. The van der Waals surface area contributed by atoms with Gasteiger partial charge in [0.25, 0.3) is 5.91 Å². The molecule has 3 aromatic rings. The van der Waals surface area contributed by atoms with E-state index in [0.29, 0.717) is 40.5 Å². The van der Waals surface area contributed by atoms with Crippen molar-refractivity contribution in [1.29, 1.82) is 0 Å². The highest BCUT2D eigenvalue weighted by Gasteiger charge is 2.25. The first-order chi connectivity index (χ1) is 14.4. The predicted octanol–water partition coefficient (Wildman–Crippen LogP) is 5.20. The van der Waals surface area contributed by atoms with E-state index in [4.69, 9.17) is 32.9 Å². The smallest absolute Gasteiger partial charge is 0.261 e. The molecule has 1 aliphatic heterocycles. The van der Waals surface area contributed by atoms with E-state index in [2.05, 4.69) is 30.9 Å². The molecule has 2 heterocycles. The lowest BCUT2D eigenvalue weighted by Crippen LogP contribution is -2.43. The number of fused-ring (bicyclic) bond motifs is 1. The molecule has 0 atom stereocenters. The fraction of sp³-hybridized carbons (Fsp3) is 0.364. The van der Waals surface area contributed by atoms with E-state index in [9.17, 15) is 4.79 Å². The zero-order chi connectivity index (χ0) is 21.3. The van der Waals surface area contributed by atoms with E-state index in [1.54, 1.807) is 23.1 Å². The number of aromatic nitrogens is 1. The van der Waals surface area contributed by atoms with E-state index >= 15 is 0 Å². The van der Waals surface area contributed by atoms with Crippen molar-refractivity contribution < 1.29 is 9.53 Å². The average Bonchev–Trinajstić information content (AvgIpc) is 3.18. The quantitative estimate of drug-likeness (QED) is 0.521. The number of halogens is 2. The maximum Gasteiger partial charge on any atom is 0.261 e. The summed E-state index contributed by atoms with van der Waals surface area (Å²) < 4.78 is 6.50. The molecule has 4 rings (SSSR count). The Balaban J connectivity index is 1.70. The molecule has 0 spiro atoms. The fourth-order valence-electron chi connectivity index (χ4n) is 3.49. The van der Waals surface area contributed by atoms with Gasteiger partial charge >= 0.3 is 0 Å². The van der Waals surface area contributed by atoms with E-state index in [-0.39, 0.29) is 5.91 Å². The standard InChI is InChI=1S/C22H23Cl2N3O2S/c1-14-3-6-19-20(15(14)2)25-22(30-19)27(8-7-26-9-11-29-12-10-26)21(28)17-13-16(23)4-5-18(17)24/h3-6,13H,7-12H2,1-2H3. The third kappa shape index (κ3) is 4.48. The van der Waals surface area contributed by atoms with Crippen molar-refractivity contribution in [2.45, 2.75) is 13.8 Å². The molecule has 30 heavy (non-hydrogen) atoms. The third-order valence-electron chi connectivity index (χ3n) is 5.45. The molecule has 1 aliphatic rings. The molecular formula is C22H23Cl2N3O2S. The monoisotopic (exact) mass is 463 g/mol. The first-order valence-corrected chi connectivity index (χ1v) is 11.4. The van der Waals surface area contributed by atoms with E-state index < -0.39 is 0 Å². The van der Waals surface area contributed by atoms with Crippen LogP contribution in [0.5, 0.6) is 0 Å². The number of amides is 1. The summed E-state index contributed by atoms with van der Waals surface area (Å²) in [5.74, 6) is -0.191. The van der Waals surface area contributed by atoms with Crippen molar-refractivity contribution in [2.75, 3.05) is 44.3 Å². The molecule has 158 valence electrons. The molecule has 2 aromatic carbocycles. The lowest BCUT2D eigenvalue weighted by molar-refractivity contribution is 0.0391. The van der Waals surface area contributed by atoms with Crippen LogP contribution in [0.4, 0.5) is 5.13 Å². The summed E-state index contributed by atoms with van der Waals surface area (Å²) in [4.78, 5) is 22.4. The second kappa shape index (κ2) is 9.20. The Labute approximate surface area is 190 Å². The number of morpholine rings is 1. The molecule has 0 unspecified atom stereocenters. The number of benzene rings is 2. The van der Waals surface area contributed by atoms with Crippen LogP contribution in [0.2, 0.25) is 10.0 Å². The van der Waals surface area contributed by atoms with Crippen molar-refractivity contribution >= 4 is 55.8 Å². The van der Waals surface area contributed by atoms with Crippen LogP contribution in [0.25, 0.3) is 10.2 Å². The van der Waals surface area contributed by atoms with Crippen molar-refractivity contribution in [3.63, 3.8) is 0 Å². The first kappa shape index (κ1) is 21.5. The summed E-state index contributed by atoms with van der Waals surface area (Å²) in [5, 5.41) is 1.54. The normalized spacial score (nSPS) is 14.9. The van der Waals surface area contributed by atoms with Crippen molar-refractivity contribution in [3.05, 3.63) is 57.1 Å². The molecule has 1 saturated heterocycles. The third-order valence-corrected chi connectivity index (χ3v) is 7.06. The van der Waals surface area contributed by atoms with Crippen LogP contribution in [0.15, 0.2) is 30.3 Å². The molecule has 1 amide bonds. The molecule has 1 aromatic heterocycles. The van der Waals surface area contributed by atoms with E-state index in [0.717, 1.165) is 35.4 Å². The van der Waals surface area contributed by atoms with Gasteiger partial charge in [-0.05, 0) is 49.2 Å². The van der Waals surface area contributed by atoms with Crippen LogP contribution < -0.4 is 4.90 Å². The van der Waals surface area contributed by atoms with Crippen LogP contribution >= 0.6 is 34.5 Å². The molecule has 1 fully saturated rings. The van der Waals surface area contributed by atoms with Gasteiger partial charge in [0, 0.05) is 31.2 Å². The summed E-state index contributed by atoms with van der Waals surface area (Å²) >= 11 is 14.0. The molecule has 0 radical (unpaired) electrons. The Bertz CT molecular complexity index is 1080. The number of anilines is 1. The Morgan fingerprint density at radius 2 is 1.97 bits per heavy atom. The summed E-state index contributed by atoms with van der Waals surface area (Å²) in [7, 11) is 0. The van der Waals surface area contributed by atoms with Gasteiger partial charge in [0.15, 0.2) is 5.13 Å². The van der Waals surface area contributed by atoms with Gasteiger partial charge in [-0.2, -0.15) is 0 Å². The summed E-state index contributed by atoms with van der Waals surface area (Å²) in [6.07, 6.45) is 0. The van der Waals surface area contributed by atoms with E-state index in [1.165, 1.54) is 16.9 Å². The van der Waals surface area contributed by atoms with Gasteiger partial charge in [-0.3, -0.25) is 14.6 Å². The lowest BCUT2D eigenvalue weighted by atomic mass is 10.1. The highest BCUT2D eigenvalue weighted by molar-refractivity contribution is 7.22. The highest BCUT2D eigenvalue weighted by Crippen LogP contribution is 2.33. The highest BCUT2D eigenvalue weighted by atomic mass is 35.5. The minimum Gasteiger partial charge on any atom is -0.379 e. The van der Waals surface area contributed by atoms with Gasteiger partial charge in [0.2, 0.25) is 0 Å². The van der Waals surface area contributed by atoms with Gasteiger partial charge in [-0.25, -0.2) is 4.98 Å². The molecule has 0 N–H and O–H groups in total. The summed E-state index contributed by atoms with van der Waals surface area (Å²) in [6, 6.07) is 9.12. The van der Waals surface area contributed by atoms with Crippen molar-refractivity contribution in [3.8, 4) is 0 Å². The zero-order valence-electron chi connectivity index (χ0n) is 17.0. The second-order valence-electron chi connectivity index (χ2n) is 7.39. The number of carbonyl (C=O) groups excluding carboxylic acids is 1. The fourth-order valence-corrected chi connectivity index (χ4v) is 4.91. The van der Waals surface area contributed by atoms with Crippen LogP contribution in [0.1, 0.15) is 21.5 Å². The van der Waals surface area contributed by atoms with Crippen LogP contribution in [-0.2, 0) is 4.74 Å². The van der Waals surface area contributed by atoms with Gasteiger partial charge < -0.3 is 4.74 Å². The molecule has 8 heteroatoms. The van der Waals surface area contributed by atoms with Gasteiger partial charge in [0.05, 0.1) is 34.0 Å². The number of nitrogens with zero attached hydrogens (tertiary/aromatic N) is 3. The topological polar surface area (TPSA) is 45.7 Å². The van der Waals surface area contributed by atoms with Gasteiger partial charge in [-0.1, -0.05) is 40.6 Å². The maximum atomic E-state index is 13.5. The van der Waals surface area contributed by atoms with Crippen molar-refractivity contribution in [2.24, 2.45) is 0 Å². The SMILES string of the molecule is Cc1ccc2sc(N(CCN3CCOCC3)C(=O)c3cc(Cl)ccc3Cl)nc2c1C. The Hall–Kier alpha value is -1.70. The number of hydrogen-bond donors (Lipinski definition) is 0. The number of rotatable bonds is 5. The largest absolute Gasteiger partial charge is 0.379 e. The summed E-state index contributed by atoms with van der Waals surface area (Å²) in [5.41, 5.74) is 3.65. The van der Waals surface area contributed by atoms with Crippen molar-refractivity contribution in [1.82, 2.24) is 9.88 Å². The number of aryl methyl sites for hydroxylation is 2. The van der Waals surface area contributed by atoms with Crippen LogP contribution in [0.3, 0.4) is 0 Å². The van der Waals surface area contributed by atoms with Gasteiger partial charge in [0.1, 0.15) is 0 Å². The zero-order valence-corrected chi connectivity index (χ0v) is 19.3.